The topological polar surface area (TPSA) is 76.7 Å². The van der Waals surface area contributed by atoms with Crippen LogP contribution in [0.25, 0.3) is 22.3 Å². The largest absolute Gasteiger partial charge is 0.506 e. The predicted molar refractivity (Wildman–Crippen MR) is 151 cm³/mol. The molecule has 0 atom stereocenters. The van der Waals surface area contributed by atoms with E-state index in [4.69, 9.17) is 9.72 Å². The lowest BCUT2D eigenvalue weighted by Gasteiger charge is -2.17. The van der Waals surface area contributed by atoms with Gasteiger partial charge in [-0.25, -0.2) is 4.98 Å². The Morgan fingerprint density at radius 3 is 2.51 bits per heavy atom. The molecule has 0 aliphatic rings. The number of methoxy groups -OCH3 is 1. The third kappa shape index (κ3) is 4.81. The molecule has 0 saturated heterocycles. The van der Waals surface area contributed by atoms with Crippen LogP contribution >= 0.6 is 47.8 Å². The lowest BCUT2D eigenvalue weighted by Crippen LogP contribution is -2.21. The number of ether oxygens (including phenoxy) is 1. The van der Waals surface area contributed by atoms with Crippen LogP contribution in [0.1, 0.15) is 36.5 Å². The summed E-state index contributed by atoms with van der Waals surface area (Å²) in [5, 5.41) is 15.3. The van der Waals surface area contributed by atoms with E-state index in [0.717, 1.165) is 22.4 Å². The van der Waals surface area contributed by atoms with Crippen molar-refractivity contribution in [3.05, 3.63) is 82.9 Å². The average Bonchev–Trinajstić information content (AvgIpc) is 2.83. The zero-order valence-corrected chi connectivity index (χ0v) is 24.2. The standard InChI is InChI=1S/C26H22Br3N3O3/c1-13(2)16-10-17(14(3)9-22(16)35-4)25-31-21-8-6-5-7-15(21)26(34)32(25)30-12-18-19(27)11-20(28)24(33)23(18)29/h5-13,33H,1-4H3. The van der Waals surface area contributed by atoms with Crippen LogP contribution in [0.3, 0.4) is 0 Å². The minimum atomic E-state index is -0.295. The number of aromatic hydroxyl groups is 1. The van der Waals surface area contributed by atoms with Crippen molar-refractivity contribution in [2.24, 2.45) is 5.10 Å². The van der Waals surface area contributed by atoms with Gasteiger partial charge in [0.15, 0.2) is 5.82 Å². The number of phenolic OH excluding ortho intramolecular Hbond substituents is 1. The van der Waals surface area contributed by atoms with Gasteiger partial charge in [0.25, 0.3) is 5.56 Å². The summed E-state index contributed by atoms with van der Waals surface area (Å²) in [6.07, 6.45) is 1.52. The van der Waals surface area contributed by atoms with E-state index in [1.54, 1.807) is 25.3 Å². The molecule has 0 saturated carbocycles. The number of para-hydroxylation sites is 1. The van der Waals surface area contributed by atoms with Gasteiger partial charge < -0.3 is 9.84 Å². The third-order valence-electron chi connectivity index (χ3n) is 5.68. The summed E-state index contributed by atoms with van der Waals surface area (Å²) in [5.74, 6) is 1.44. The van der Waals surface area contributed by atoms with E-state index in [1.165, 1.54) is 10.9 Å². The van der Waals surface area contributed by atoms with Crippen LogP contribution in [0.2, 0.25) is 0 Å². The molecule has 0 bridgehead atoms. The molecule has 0 radical (unpaired) electrons. The van der Waals surface area contributed by atoms with Gasteiger partial charge in [-0.05, 0) is 86.2 Å². The van der Waals surface area contributed by atoms with Crippen LogP contribution in [0.4, 0.5) is 0 Å². The fraction of sp³-hybridized carbons (Fsp3) is 0.192. The van der Waals surface area contributed by atoms with E-state index >= 15 is 0 Å². The lowest BCUT2D eigenvalue weighted by molar-refractivity contribution is 0.407. The molecule has 0 fully saturated rings. The van der Waals surface area contributed by atoms with Gasteiger partial charge >= 0.3 is 0 Å². The van der Waals surface area contributed by atoms with E-state index in [9.17, 15) is 9.90 Å². The first-order valence-corrected chi connectivity index (χ1v) is 13.1. The normalized spacial score (nSPS) is 11.7. The second kappa shape index (κ2) is 10.2. The Morgan fingerprint density at radius 2 is 1.83 bits per heavy atom. The SMILES string of the molecule is COc1cc(C)c(-c2nc3ccccc3c(=O)n2N=Cc2c(Br)cc(Br)c(O)c2Br)cc1C(C)C. The molecule has 0 amide bonds. The van der Waals surface area contributed by atoms with Crippen molar-refractivity contribution in [2.75, 3.05) is 7.11 Å². The van der Waals surface area contributed by atoms with Crippen LogP contribution in [0.15, 0.2) is 65.8 Å². The number of hydrogen-bond acceptors (Lipinski definition) is 5. The van der Waals surface area contributed by atoms with Crippen molar-refractivity contribution in [3.8, 4) is 22.9 Å². The average molecular weight is 664 g/mol. The predicted octanol–water partition coefficient (Wildman–Crippen LogP) is 7.38. The van der Waals surface area contributed by atoms with Crippen molar-refractivity contribution in [3.63, 3.8) is 0 Å². The van der Waals surface area contributed by atoms with Crippen molar-refractivity contribution >= 4 is 64.9 Å². The fourth-order valence-corrected chi connectivity index (χ4v) is 6.13. The smallest absolute Gasteiger partial charge is 0.282 e. The summed E-state index contributed by atoms with van der Waals surface area (Å²) in [5.41, 5.74) is 3.56. The summed E-state index contributed by atoms with van der Waals surface area (Å²) >= 11 is 10.2. The van der Waals surface area contributed by atoms with Crippen LogP contribution in [-0.2, 0) is 0 Å². The van der Waals surface area contributed by atoms with Crippen molar-refractivity contribution in [1.29, 1.82) is 0 Å². The molecule has 1 aromatic heterocycles. The highest BCUT2D eigenvalue weighted by molar-refractivity contribution is 9.11. The first-order valence-electron chi connectivity index (χ1n) is 10.8. The van der Waals surface area contributed by atoms with Gasteiger partial charge in [-0.2, -0.15) is 9.78 Å². The molecule has 4 rings (SSSR count). The van der Waals surface area contributed by atoms with E-state index in [2.05, 4.69) is 66.7 Å². The molecular formula is C26H22Br3N3O3. The van der Waals surface area contributed by atoms with E-state index < -0.39 is 0 Å². The van der Waals surface area contributed by atoms with Crippen molar-refractivity contribution in [1.82, 2.24) is 9.66 Å². The molecule has 6 nitrogen and oxygen atoms in total. The molecule has 4 aromatic rings. The van der Waals surface area contributed by atoms with Gasteiger partial charge in [-0.3, -0.25) is 4.79 Å². The second-order valence-electron chi connectivity index (χ2n) is 8.29. The Kier molecular flexibility index (Phi) is 7.49. The minimum absolute atomic E-state index is 0.0337. The third-order valence-corrected chi connectivity index (χ3v) is 7.74. The molecule has 3 aromatic carbocycles. The molecule has 9 heteroatoms. The van der Waals surface area contributed by atoms with Gasteiger partial charge in [0.2, 0.25) is 0 Å². The van der Waals surface area contributed by atoms with Crippen LogP contribution < -0.4 is 10.3 Å². The Morgan fingerprint density at radius 1 is 1.11 bits per heavy atom. The number of rotatable bonds is 5. The Bertz CT molecular complexity index is 1550. The monoisotopic (exact) mass is 661 g/mol. The summed E-state index contributed by atoms with van der Waals surface area (Å²) < 4.78 is 8.55. The number of aryl methyl sites for hydroxylation is 1. The maximum Gasteiger partial charge on any atom is 0.282 e. The summed E-state index contributed by atoms with van der Waals surface area (Å²) in [6.45, 7) is 6.13. The van der Waals surface area contributed by atoms with Crippen LogP contribution in [0, 0.1) is 6.92 Å². The molecule has 180 valence electrons. The van der Waals surface area contributed by atoms with Crippen molar-refractivity contribution in [2.45, 2.75) is 26.7 Å². The number of halogens is 3. The number of phenols is 1. The van der Waals surface area contributed by atoms with Gasteiger partial charge in [0.1, 0.15) is 11.5 Å². The van der Waals surface area contributed by atoms with E-state index in [-0.39, 0.29) is 17.2 Å². The maximum atomic E-state index is 13.6. The fourth-order valence-electron chi connectivity index (χ4n) is 3.80. The van der Waals surface area contributed by atoms with Crippen LogP contribution in [0.5, 0.6) is 11.5 Å². The molecule has 0 aliphatic carbocycles. The van der Waals surface area contributed by atoms with Crippen LogP contribution in [-0.4, -0.2) is 28.1 Å². The lowest BCUT2D eigenvalue weighted by atomic mass is 9.96. The Hall–Kier alpha value is -2.49. The maximum absolute atomic E-state index is 13.6. The molecule has 1 heterocycles. The Balaban J connectivity index is 2.02. The molecule has 0 spiro atoms. The number of aromatic nitrogens is 2. The molecule has 0 unspecified atom stereocenters. The molecule has 1 N–H and O–H groups in total. The zero-order valence-electron chi connectivity index (χ0n) is 19.4. The highest BCUT2D eigenvalue weighted by Crippen LogP contribution is 2.39. The summed E-state index contributed by atoms with van der Waals surface area (Å²) in [7, 11) is 1.65. The van der Waals surface area contributed by atoms with Gasteiger partial charge in [-0.15, -0.1) is 0 Å². The first kappa shape index (κ1) is 25.6. The minimum Gasteiger partial charge on any atom is -0.506 e. The first-order chi connectivity index (χ1) is 16.6. The van der Waals surface area contributed by atoms with Gasteiger partial charge in [-0.1, -0.05) is 41.9 Å². The van der Waals surface area contributed by atoms with E-state index in [1.807, 2.05) is 31.2 Å². The second-order valence-corrected chi connectivity index (χ2v) is 10.8. The highest BCUT2D eigenvalue weighted by Gasteiger charge is 2.19. The summed E-state index contributed by atoms with van der Waals surface area (Å²) in [6, 6.07) is 12.9. The molecule has 0 aliphatic heterocycles. The molecule has 35 heavy (non-hydrogen) atoms. The number of fused-ring (bicyclic) bond motifs is 1. The van der Waals surface area contributed by atoms with Gasteiger partial charge in [0, 0.05) is 15.6 Å². The van der Waals surface area contributed by atoms with E-state index in [0.29, 0.717) is 35.7 Å². The molecular weight excluding hydrogens is 642 g/mol. The number of benzene rings is 3. The zero-order chi connectivity index (χ0) is 25.4. The van der Waals surface area contributed by atoms with Gasteiger partial charge in [0.05, 0.1) is 33.2 Å². The summed E-state index contributed by atoms with van der Waals surface area (Å²) in [4.78, 5) is 18.4. The quantitative estimate of drug-likeness (QED) is 0.226. The Labute approximate surface area is 228 Å². The highest BCUT2D eigenvalue weighted by atomic mass is 79.9. The van der Waals surface area contributed by atoms with Crippen molar-refractivity contribution < 1.29 is 9.84 Å². The number of hydrogen-bond donors (Lipinski definition) is 1. The number of nitrogens with zero attached hydrogens (tertiary/aromatic N) is 3.